The van der Waals surface area contributed by atoms with Crippen LogP contribution in [-0.4, -0.2) is 31.9 Å². The summed E-state index contributed by atoms with van der Waals surface area (Å²) in [5.74, 6) is -0.0722. The molecule has 144 valence electrons. The maximum Gasteiger partial charge on any atom is 0.261 e. The van der Waals surface area contributed by atoms with Gasteiger partial charge in [-0.15, -0.1) is 0 Å². The Labute approximate surface area is 163 Å². The number of aliphatic hydroxyl groups excluding tert-OH is 1. The molecule has 27 heavy (non-hydrogen) atoms. The Morgan fingerprint density at radius 1 is 1.00 bits per heavy atom. The van der Waals surface area contributed by atoms with E-state index in [2.05, 4.69) is 45.0 Å². The fourth-order valence-corrected chi connectivity index (χ4v) is 8.08. The van der Waals surface area contributed by atoms with Crippen LogP contribution in [0.25, 0.3) is 0 Å². The maximum atomic E-state index is 11.3. The molecule has 0 aromatic heterocycles. The van der Waals surface area contributed by atoms with Crippen molar-refractivity contribution in [2.24, 2.45) is 0 Å². The molecule has 0 radical (unpaired) electrons. The number of rotatable bonds is 7. The van der Waals surface area contributed by atoms with Crippen LogP contribution in [0.5, 0.6) is 0 Å². The molecule has 2 aromatic carbocycles. The van der Waals surface area contributed by atoms with Gasteiger partial charge in [-0.3, -0.25) is 4.79 Å². The lowest BCUT2D eigenvalue weighted by atomic mass is 10.1. The summed E-state index contributed by atoms with van der Waals surface area (Å²) < 4.78 is 6.67. The van der Waals surface area contributed by atoms with Crippen LogP contribution in [0.15, 0.2) is 72.3 Å². The van der Waals surface area contributed by atoms with Crippen LogP contribution in [-0.2, 0) is 9.22 Å². The molecule has 1 N–H and O–H groups in total. The Bertz CT molecular complexity index is 737. The molecule has 4 heteroatoms. The molecule has 1 atom stereocenters. The predicted molar refractivity (Wildman–Crippen MR) is 114 cm³/mol. The van der Waals surface area contributed by atoms with Gasteiger partial charge in [0, 0.05) is 0 Å². The van der Waals surface area contributed by atoms with Gasteiger partial charge in [0.1, 0.15) is 0 Å². The van der Waals surface area contributed by atoms with Gasteiger partial charge in [-0.2, -0.15) is 0 Å². The van der Waals surface area contributed by atoms with Gasteiger partial charge >= 0.3 is 0 Å². The zero-order chi connectivity index (χ0) is 20.1. The standard InChI is InChI=1S/C23H30O3Si/c1-18(16-19(2)24)22(25)17-26-27(23(3,4)5,20-12-8-6-9-13-20)21-14-10-7-11-15-21/h6-16,22,25H,17H2,1-5H3/b18-16+. The molecule has 2 aromatic rings. The largest absolute Gasteiger partial charge is 0.404 e. The summed E-state index contributed by atoms with van der Waals surface area (Å²) in [5.41, 5.74) is 0.625. The van der Waals surface area contributed by atoms with E-state index in [1.54, 1.807) is 6.92 Å². The third-order valence-corrected chi connectivity index (χ3v) is 9.84. The highest BCUT2D eigenvalue weighted by Gasteiger charge is 2.50. The molecule has 1 unspecified atom stereocenters. The van der Waals surface area contributed by atoms with Crippen LogP contribution < -0.4 is 10.4 Å². The fraction of sp³-hybridized carbons (Fsp3) is 0.348. The van der Waals surface area contributed by atoms with Crippen molar-refractivity contribution in [3.8, 4) is 0 Å². The van der Waals surface area contributed by atoms with Gasteiger partial charge in [-0.05, 0) is 40.9 Å². The van der Waals surface area contributed by atoms with Crippen LogP contribution in [0.4, 0.5) is 0 Å². The minimum Gasteiger partial charge on any atom is -0.404 e. The van der Waals surface area contributed by atoms with Crippen LogP contribution >= 0.6 is 0 Å². The van der Waals surface area contributed by atoms with Crippen molar-refractivity contribution in [3.05, 3.63) is 72.3 Å². The van der Waals surface area contributed by atoms with Gasteiger partial charge in [0.25, 0.3) is 8.32 Å². The van der Waals surface area contributed by atoms with E-state index in [1.165, 1.54) is 23.4 Å². The molecule has 0 bridgehead atoms. The first-order valence-corrected chi connectivity index (χ1v) is 11.2. The average molecular weight is 383 g/mol. The summed E-state index contributed by atoms with van der Waals surface area (Å²) in [6, 6.07) is 20.6. The lowest BCUT2D eigenvalue weighted by molar-refractivity contribution is -0.112. The van der Waals surface area contributed by atoms with Crippen LogP contribution in [0.3, 0.4) is 0 Å². The molecule has 0 amide bonds. The van der Waals surface area contributed by atoms with E-state index in [9.17, 15) is 9.90 Å². The Hall–Kier alpha value is -2.01. The molecule has 0 heterocycles. The number of hydrogen-bond donors (Lipinski definition) is 1. The van der Waals surface area contributed by atoms with E-state index in [1.807, 2.05) is 36.4 Å². The number of ketones is 1. The van der Waals surface area contributed by atoms with Gasteiger partial charge in [-0.25, -0.2) is 0 Å². The second-order valence-corrected chi connectivity index (χ2v) is 12.3. The van der Waals surface area contributed by atoms with Crippen molar-refractivity contribution >= 4 is 24.5 Å². The zero-order valence-electron chi connectivity index (χ0n) is 16.9. The number of hydrogen-bond acceptors (Lipinski definition) is 3. The quantitative estimate of drug-likeness (QED) is 0.589. The second-order valence-electron chi connectivity index (χ2n) is 7.99. The number of benzene rings is 2. The maximum absolute atomic E-state index is 11.3. The van der Waals surface area contributed by atoms with E-state index in [4.69, 9.17) is 4.43 Å². The molecule has 0 fully saturated rings. The number of carbonyl (C=O) groups is 1. The summed E-state index contributed by atoms with van der Waals surface area (Å²) in [6.45, 7) is 10.0. The smallest absolute Gasteiger partial charge is 0.261 e. The lowest BCUT2D eigenvalue weighted by Gasteiger charge is -2.43. The molecule has 0 saturated heterocycles. The van der Waals surface area contributed by atoms with E-state index in [-0.39, 0.29) is 17.4 Å². The normalized spacial score (nSPS) is 14.1. The van der Waals surface area contributed by atoms with Crippen LogP contribution in [0, 0.1) is 0 Å². The minimum atomic E-state index is -2.67. The summed E-state index contributed by atoms with van der Waals surface area (Å²) in [6.07, 6.45) is 0.662. The molecule has 3 nitrogen and oxygen atoms in total. The molecule has 0 aliphatic carbocycles. The highest BCUT2D eigenvalue weighted by molar-refractivity contribution is 6.99. The Balaban J connectivity index is 2.51. The first kappa shape index (κ1) is 21.3. The highest BCUT2D eigenvalue weighted by Crippen LogP contribution is 2.36. The minimum absolute atomic E-state index is 0.0722. The van der Waals surface area contributed by atoms with Crippen LogP contribution in [0.2, 0.25) is 5.04 Å². The molecular weight excluding hydrogens is 352 g/mol. The number of aliphatic hydroxyl groups is 1. The van der Waals surface area contributed by atoms with E-state index >= 15 is 0 Å². The highest BCUT2D eigenvalue weighted by atomic mass is 28.4. The molecule has 0 saturated carbocycles. The predicted octanol–water partition coefficient (Wildman–Crippen LogP) is 3.46. The summed E-state index contributed by atoms with van der Waals surface area (Å²) >= 11 is 0. The van der Waals surface area contributed by atoms with Gasteiger partial charge in [0.15, 0.2) is 5.78 Å². The number of allylic oxidation sites excluding steroid dienone is 1. The Morgan fingerprint density at radius 3 is 1.81 bits per heavy atom. The fourth-order valence-electron chi connectivity index (χ4n) is 3.51. The van der Waals surface area contributed by atoms with Crippen molar-refractivity contribution in [1.29, 1.82) is 0 Å². The first-order valence-electron chi connectivity index (χ1n) is 9.30. The molecule has 2 rings (SSSR count). The van der Waals surface area contributed by atoms with E-state index < -0.39 is 14.4 Å². The van der Waals surface area contributed by atoms with Gasteiger partial charge in [0.2, 0.25) is 0 Å². The second kappa shape index (κ2) is 8.78. The summed E-state index contributed by atoms with van der Waals surface area (Å²) in [4.78, 5) is 11.3. The Kier molecular flexibility index (Phi) is 6.93. The third-order valence-electron chi connectivity index (χ3n) is 4.83. The Morgan fingerprint density at radius 2 is 1.44 bits per heavy atom. The van der Waals surface area contributed by atoms with Crippen molar-refractivity contribution < 1.29 is 14.3 Å². The topological polar surface area (TPSA) is 46.5 Å². The first-order chi connectivity index (χ1) is 12.7. The monoisotopic (exact) mass is 382 g/mol. The zero-order valence-corrected chi connectivity index (χ0v) is 17.9. The third kappa shape index (κ3) is 4.83. The molecular formula is C23H30O3Si. The summed E-state index contributed by atoms with van der Waals surface area (Å²) in [5, 5.41) is 12.8. The van der Waals surface area contributed by atoms with E-state index in [0.717, 1.165) is 0 Å². The molecule has 0 spiro atoms. The van der Waals surface area contributed by atoms with Gasteiger partial charge < -0.3 is 9.53 Å². The summed E-state index contributed by atoms with van der Waals surface area (Å²) in [7, 11) is -2.67. The average Bonchev–Trinajstić information content (AvgIpc) is 2.62. The van der Waals surface area contributed by atoms with Gasteiger partial charge in [-0.1, -0.05) is 81.4 Å². The van der Waals surface area contributed by atoms with Gasteiger partial charge in [0.05, 0.1) is 12.7 Å². The van der Waals surface area contributed by atoms with Crippen molar-refractivity contribution in [3.63, 3.8) is 0 Å². The van der Waals surface area contributed by atoms with Crippen LogP contribution in [0.1, 0.15) is 34.6 Å². The lowest BCUT2D eigenvalue weighted by Crippen LogP contribution is -2.67. The van der Waals surface area contributed by atoms with E-state index in [0.29, 0.717) is 5.57 Å². The molecule has 0 aliphatic rings. The van der Waals surface area contributed by atoms with Crippen molar-refractivity contribution in [2.75, 3.05) is 6.61 Å². The van der Waals surface area contributed by atoms with Crippen molar-refractivity contribution in [1.82, 2.24) is 0 Å². The van der Waals surface area contributed by atoms with Crippen molar-refractivity contribution in [2.45, 2.75) is 45.8 Å². The SMILES string of the molecule is CC(=O)/C=C(\C)C(O)CO[Si](c1ccccc1)(c1ccccc1)C(C)(C)C. The molecule has 0 aliphatic heterocycles. The number of carbonyl (C=O) groups excluding carboxylic acids is 1.